The first kappa shape index (κ1) is 27.1. The van der Waals surface area contributed by atoms with Crippen LogP contribution in [0.1, 0.15) is 41.9 Å². The molecule has 4 N–H and O–H groups in total. The summed E-state index contributed by atoms with van der Waals surface area (Å²) in [6, 6.07) is 9.87. The third kappa shape index (κ3) is 6.67. The van der Waals surface area contributed by atoms with E-state index < -0.39 is 23.2 Å². The van der Waals surface area contributed by atoms with E-state index in [0.717, 1.165) is 23.5 Å². The maximum atomic E-state index is 13.1. The Labute approximate surface area is 220 Å². The van der Waals surface area contributed by atoms with Crippen molar-refractivity contribution in [3.05, 3.63) is 77.2 Å². The van der Waals surface area contributed by atoms with Crippen molar-refractivity contribution in [2.75, 3.05) is 17.6 Å². The van der Waals surface area contributed by atoms with Crippen LogP contribution in [0, 0.1) is 0 Å². The van der Waals surface area contributed by atoms with Crippen LogP contribution in [0.2, 0.25) is 0 Å². The van der Waals surface area contributed by atoms with Crippen molar-refractivity contribution >= 4 is 34.8 Å². The van der Waals surface area contributed by atoms with E-state index in [-0.39, 0.29) is 16.3 Å². The van der Waals surface area contributed by atoms with E-state index in [9.17, 15) is 23.1 Å². The van der Waals surface area contributed by atoms with E-state index in [0.29, 0.717) is 41.0 Å². The fourth-order valence-corrected chi connectivity index (χ4v) is 4.33. The fraction of sp³-hybridized carbons (Fsp3) is 0.222. The number of amides is 1. The zero-order valence-corrected chi connectivity index (χ0v) is 21.4. The first-order valence-electron chi connectivity index (χ1n) is 11.5. The van der Waals surface area contributed by atoms with Gasteiger partial charge in [-0.2, -0.15) is 13.2 Å². The third-order valence-electron chi connectivity index (χ3n) is 5.56. The average molecular weight is 543 g/mol. The molecule has 0 fully saturated rings. The molecule has 198 valence electrons. The number of aromatic nitrogens is 1. The summed E-state index contributed by atoms with van der Waals surface area (Å²) in [7, 11) is 0. The van der Waals surface area contributed by atoms with Gasteiger partial charge >= 0.3 is 6.18 Å². The van der Waals surface area contributed by atoms with E-state index in [4.69, 9.17) is 10.2 Å². The summed E-state index contributed by atoms with van der Waals surface area (Å²) < 4.78 is 44.5. The van der Waals surface area contributed by atoms with Crippen molar-refractivity contribution in [2.24, 2.45) is 4.99 Å². The number of nitrogens with zero attached hydrogens (tertiary/aromatic N) is 2. The van der Waals surface area contributed by atoms with Gasteiger partial charge in [-0.1, -0.05) is 12.1 Å². The van der Waals surface area contributed by atoms with Gasteiger partial charge in [-0.3, -0.25) is 9.79 Å². The van der Waals surface area contributed by atoms with Gasteiger partial charge in [-0.25, -0.2) is 4.98 Å². The number of anilines is 2. The number of nitrogen functional groups attached to an aromatic ring is 1. The molecule has 0 saturated heterocycles. The minimum atomic E-state index is -4.48. The average Bonchev–Trinajstić information content (AvgIpc) is 3.55. The standard InChI is InChI=1S/C27H25F3N4O3S/c1-26(2,36)7-8-32-13-18-11-22(20(12-21(18)31)17-6-9-37-14-17)33-24(35)23-15-38-25(34-23)16-4-3-5-19(10-16)27(28,29)30/h3-6,9-15,36H,7-8,31H2,1-2H3,(H,33,35). The van der Waals surface area contributed by atoms with Crippen molar-refractivity contribution in [3.63, 3.8) is 0 Å². The monoisotopic (exact) mass is 542 g/mol. The van der Waals surface area contributed by atoms with Gasteiger partial charge < -0.3 is 20.6 Å². The summed E-state index contributed by atoms with van der Waals surface area (Å²) in [4.78, 5) is 21.7. The molecular formula is C27H25F3N4O3S. The number of alkyl halides is 3. The van der Waals surface area contributed by atoms with Gasteiger partial charge in [-0.05, 0) is 50.6 Å². The van der Waals surface area contributed by atoms with E-state index >= 15 is 0 Å². The quantitative estimate of drug-likeness (QED) is 0.174. The minimum absolute atomic E-state index is 0.0535. The topological polar surface area (TPSA) is 114 Å². The largest absolute Gasteiger partial charge is 0.472 e. The van der Waals surface area contributed by atoms with Gasteiger partial charge in [0.15, 0.2) is 0 Å². The molecule has 0 aliphatic carbocycles. The fourth-order valence-electron chi connectivity index (χ4n) is 3.53. The van der Waals surface area contributed by atoms with Crippen LogP contribution in [0.25, 0.3) is 21.7 Å². The second kappa shape index (κ2) is 10.8. The van der Waals surface area contributed by atoms with Gasteiger partial charge in [-0.15, -0.1) is 11.3 Å². The Hall–Kier alpha value is -3.96. The molecule has 0 aliphatic heterocycles. The number of benzene rings is 2. The van der Waals surface area contributed by atoms with Crippen LogP contribution in [0.5, 0.6) is 0 Å². The van der Waals surface area contributed by atoms with Crippen LogP contribution in [0.3, 0.4) is 0 Å². The lowest BCUT2D eigenvalue weighted by molar-refractivity contribution is -0.137. The molecule has 7 nitrogen and oxygen atoms in total. The number of carbonyl (C=O) groups is 1. The summed E-state index contributed by atoms with van der Waals surface area (Å²) in [5.41, 5.74) is 7.60. The minimum Gasteiger partial charge on any atom is -0.472 e. The molecule has 0 saturated carbocycles. The Morgan fingerprint density at radius 1 is 1.21 bits per heavy atom. The Kier molecular flexibility index (Phi) is 7.70. The lowest BCUT2D eigenvalue weighted by Gasteiger charge is -2.15. The highest BCUT2D eigenvalue weighted by Crippen LogP contribution is 2.35. The zero-order valence-electron chi connectivity index (χ0n) is 20.5. The van der Waals surface area contributed by atoms with E-state index in [1.807, 2.05) is 0 Å². The number of aliphatic imine (C=N–C) groups is 1. The molecule has 0 spiro atoms. The van der Waals surface area contributed by atoms with Gasteiger partial charge in [0.05, 0.1) is 23.7 Å². The first-order valence-corrected chi connectivity index (χ1v) is 12.4. The molecule has 2 aromatic heterocycles. The molecule has 2 heterocycles. The van der Waals surface area contributed by atoms with Gasteiger partial charge in [0, 0.05) is 51.8 Å². The van der Waals surface area contributed by atoms with Crippen molar-refractivity contribution in [2.45, 2.75) is 32.0 Å². The summed E-state index contributed by atoms with van der Waals surface area (Å²) in [6.45, 7) is 3.77. The number of aliphatic hydroxyl groups is 1. The molecule has 4 aromatic rings. The summed E-state index contributed by atoms with van der Waals surface area (Å²) in [5.74, 6) is -0.543. The molecule has 0 radical (unpaired) electrons. The highest BCUT2D eigenvalue weighted by molar-refractivity contribution is 7.13. The molecule has 4 rings (SSSR count). The molecular weight excluding hydrogens is 517 g/mol. The normalized spacial score (nSPS) is 12.3. The van der Waals surface area contributed by atoms with Crippen LogP contribution >= 0.6 is 11.3 Å². The molecule has 38 heavy (non-hydrogen) atoms. The summed E-state index contributed by atoms with van der Waals surface area (Å²) in [5, 5.41) is 14.5. The molecule has 11 heteroatoms. The lowest BCUT2D eigenvalue weighted by atomic mass is 10.0. The number of halogens is 3. The Balaban J connectivity index is 1.61. The SMILES string of the molecule is CC(C)(O)CCN=Cc1cc(NC(=O)c2csc(-c3cccc(C(F)(F)F)c3)n2)c(-c2ccoc2)cc1N. The van der Waals surface area contributed by atoms with Gasteiger partial charge in [0.2, 0.25) is 0 Å². The van der Waals surface area contributed by atoms with E-state index in [1.54, 1.807) is 38.3 Å². The van der Waals surface area contributed by atoms with Crippen molar-refractivity contribution in [1.29, 1.82) is 0 Å². The molecule has 0 aliphatic rings. The third-order valence-corrected chi connectivity index (χ3v) is 6.45. The van der Waals surface area contributed by atoms with E-state index in [2.05, 4.69) is 15.3 Å². The predicted octanol–water partition coefficient (Wildman–Crippen LogP) is 6.50. The smallest absolute Gasteiger partial charge is 0.416 e. The number of thiazole rings is 1. The molecule has 0 atom stereocenters. The maximum absolute atomic E-state index is 13.1. The number of nitrogens with two attached hydrogens (primary N) is 1. The van der Waals surface area contributed by atoms with Crippen LogP contribution in [0.4, 0.5) is 24.5 Å². The van der Waals surface area contributed by atoms with Gasteiger partial charge in [0.1, 0.15) is 10.7 Å². The Bertz CT molecular complexity index is 1460. The van der Waals surface area contributed by atoms with Gasteiger partial charge in [0.25, 0.3) is 5.91 Å². The summed E-state index contributed by atoms with van der Waals surface area (Å²) in [6.07, 6.45) is 0.547. The lowest BCUT2D eigenvalue weighted by Crippen LogP contribution is -2.19. The maximum Gasteiger partial charge on any atom is 0.416 e. The zero-order chi connectivity index (χ0) is 27.5. The highest BCUT2D eigenvalue weighted by atomic mass is 32.1. The number of nitrogens with one attached hydrogen (secondary N) is 1. The molecule has 1 amide bonds. The number of furan rings is 1. The number of rotatable bonds is 8. The Morgan fingerprint density at radius 3 is 2.68 bits per heavy atom. The molecule has 0 unspecified atom stereocenters. The van der Waals surface area contributed by atoms with Crippen molar-refractivity contribution in [1.82, 2.24) is 4.98 Å². The predicted molar refractivity (Wildman–Crippen MR) is 142 cm³/mol. The van der Waals surface area contributed by atoms with Crippen molar-refractivity contribution in [3.8, 4) is 21.7 Å². The van der Waals surface area contributed by atoms with Crippen LogP contribution in [0.15, 0.2) is 69.8 Å². The molecule has 2 aromatic carbocycles. The number of hydrogen-bond acceptors (Lipinski definition) is 7. The summed E-state index contributed by atoms with van der Waals surface area (Å²) >= 11 is 1.07. The van der Waals surface area contributed by atoms with Crippen LogP contribution in [-0.2, 0) is 6.18 Å². The second-order valence-electron chi connectivity index (χ2n) is 9.21. The van der Waals surface area contributed by atoms with Crippen molar-refractivity contribution < 1.29 is 27.5 Å². The number of carbonyl (C=O) groups excluding carboxylic acids is 1. The Morgan fingerprint density at radius 2 is 2.00 bits per heavy atom. The second-order valence-corrected chi connectivity index (χ2v) is 10.1. The highest BCUT2D eigenvalue weighted by Gasteiger charge is 2.30. The van der Waals surface area contributed by atoms with Crippen LogP contribution < -0.4 is 11.1 Å². The number of hydrogen-bond donors (Lipinski definition) is 3. The molecule has 0 bridgehead atoms. The first-order chi connectivity index (χ1) is 17.9. The van der Waals surface area contributed by atoms with E-state index in [1.165, 1.54) is 30.0 Å². The van der Waals surface area contributed by atoms with Crippen LogP contribution in [-0.4, -0.2) is 34.4 Å².